The lowest BCUT2D eigenvalue weighted by molar-refractivity contribution is -0.119. The Morgan fingerprint density at radius 2 is 1.93 bits per heavy atom. The predicted octanol–water partition coefficient (Wildman–Crippen LogP) is 1.48. The maximum Gasteiger partial charge on any atom is 0.216 e. The second kappa shape index (κ2) is 5.29. The van der Waals surface area contributed by atoms with Crippen LogP contribution in [-0.4, -0.2) is 19.1 Å². The average Bonchev–Trinajstić information content (AvgIpc) is 2.10. The number of benzene rings is 1. The fraction of sp³-hybridized carbons (Fsp3) is 0.300. The lowest BCUT2D eigenvalue weighted by Crippen LogP contribution is -2.25. The quantitative estimate of drug-likeness (QED) is 0.772. The van der Waals surface area contributed by atoms with Crippen molar-refractivity contribution in [2.75, 3.05) is 13.2 Å². The van der Waals surface area contributed by atoms with Gasteiger partial charge in [0, 0.05) is 25.1 Å². The molecule has 0 radical (unpaired) electrons. The van der Waals surface area contributed by atoms with E-state index >= 15 is 0 Å². The minimum Gasteiger partial charge on any atom is -0.492 e. The Morgan fingerprint density at radius 1 is 1.33 bits per heavy atom. The van der Waals surface area contributed by atoms with Gasteiger partial charge in [-0.05, 0) is 0 Å². The van der Waals surface area contributed by atoms with Gasteiger partial charge in [0.25, 0.3) is 0 Å². The van der Waals surface area contributed by atoms with Crippen molar-refractivity contribution < 1.29 is 18.3 Å². The molecule has 0 saturated carbocycles. The highest BCUT2D eigenvalue weighted by Gasteiger charge is 2.01. The molecule has 0 aliphatic carbocycles. The summed E-state index contributed by atoms with van der Waals surface area (Å²) in [6.07, 6.45) is 0. The standard InChI is InChI=1S/C10H11F2NO2/c1-7(14)13-2-3-15-10-5-8(11)4-9(12)6-10/h4-6H,2-3H2,1H3,(H,13,14). The highest BCUT2D eigenvalue weighted by molar-refractivity contribution is 5.72. The zero-order valence-electron chi connectivity index (χ0n) is 8.22. The van der Waals surface area contributed by atoms with Crippen LogP contribution >= 0.6 is 0 Å². The molecule has 0 spiro atoms. The summed E-state index contributed by atoms with van der Waals surface area (Å²) in [4.78, 5) is 10.5. The van der Waals surface area contributed by atoms with E-state index in [-0.39, 0.29) is 18.3 Å². The van der Waals surface area contributed by atoms with Crippen molar-refractivity contribution in [3.05, 3.63) is 29.8 Å². The number of nitrogens with one attached hydrogen (secondary N) is 1. The highest BCUT2D eigenvalue weighted by atomic mass is 19.1. The molecule has 0 bridgehead atoms. The van der Waals surface area contributed by atoms with Gasteiger partial charge >= 0.3 is 0 Å². The van der Waals surface area contributed by atoms with Gasteiger partial charge < -0.3 is 10.1 Å². The van der Waals surface area contributed by atoms with Gasteiger partial charge in [-0.3, -0.25) is 4.79 Å². The van der Waals surface area contributed by atoms with E-state index in [4.69, 9.17) is 4.74 Å². The maximum absolute atomic E-state index is 12.7. The van der Waals surface area contributed by atoms with E-state index in [0.717, 1.165) is 18.2 Å². The van der Waals surface area contributed by atoms with Gasteiger partial charge in [-0.15, -0.1) is 0 Å². The Bertz CT molecular complexity index is 335. The van der Waals surface area contributed by atoms with E-state index in [1.165, 1.54) is 6.92 Å². The molecule has 1 amide bonds. The summed E-state index contributed by atoms with van der Waals surface area (Å²) in [6.45, 7) is 1.85. The number of amides is 1. The van der Waals surface area contributed by atoms with Gasteiger partial charge in [0.15, 0.2) is 0 Å². The topological polar surface area (TPSA) is 38.3 Å². The van der Waals surface area contributed by atoms with Crippen LogP contribution in [-0.2, 0) is 4.79 Å². The number of carbonyl (C=O) groups is 1. The molecular formula is C10H11F2NO2. The van der Waals surface area contributed by atoms with Crippen LogP contribution in [0.25, 0.3) is 0 Å². The summed E-state index contributed by atoms with van der Waals surface area (Å²) in [5.74, 6) is -1.45. The third-order valence-electron chi connectivity index (χ3n) is 1.58. The van der Waals surface area contributed by atoms with E-state index in [9.17, 15) is 13.6 Å². The van der Waals surface area contributed by atoms with Gasteiger partial charge in [0.2, 0.25) is 5.91 Å². The van der Waals surface area contributed by atoms with E-state index < -0.39 is 11.6 Å². The van der Waals surface area contributed by atoms with Crippen molar-refractivity contribution >= 4 is 5.91 Å². The number of hydrogen-bond donors (Lipinski definition) is 1. The molecule has 82 valence electrons. The smallest absolute Gasteiger partial charge is 0.216 e. The molecule has 1 aromatic rings. The minimum atomic E-state index is -0.690. The van der Waals surface area contributed by atoms with Crippen LogP contribution in [0.15, 0.2) is 18.2 Å². The lowest BCUT2D eigenvalue weighted by Gasteiger charge is -2.06. The first kappa shape index (κ1) is 11.4. The fourth-order valence-electron chi connectivity index (χ4n) is 1.01. The molecule has 1 rings (SSSR count). The third-order valence-corrected chi connectivity index (χ3v) is 1.58. The summed E-state index contributed by atoms with van der Waals surface area (Å²) < 4.78 is 30.4. The summed E-state index contributed by atoms with van der Waals surface area (Å²) in [6, 6.07) is 2.92. The number of rotatable bonds is 4. The van der Waals surface area contributed by atoms with Crippen LogP contribution in [0.1, 0.15) is 6.92 Å². The maximum atomic E-state index is 12.7. The van der Waals surface area contributed by atoms with E-state index in [1.807, 2.05) is 0 Å². The first-order chi connectivity index (χ1) is 7.08. The molecule has 1 N–H and O–H groups in total. The van der Waals surface area contributed by atoms with Crippen LogP contribution in [0.4, 0.5) is 8.78 Å². The van der Waals surface area contributed by atoms with E-state index in [2.05, 4.69) is 5.32 Å². The van der Waals surface area contributed by atoms with Crippen molar-refractivity contribution in [3.63, 3.8) is 0 Å². The Kier molecular flexibility index (Phi) is 4.03. The van der Waals surface area contributed by atoms with Crippen molar-refractivity contribution in [1.29, 1.82) is 0 Å². The van der Waals surface area contributed by atoms with Crippen LogP contribution < -0.4 is 10.1 Å². The van der Waals surface area contributed by atoms with Crippen LogP contribution in [0, 0.1) is 11.6 Å². The van der Waals surface area contributed by atoms with Gasteiger partial charge in [-0.2, -0.15) is 0 Å². The molecule has 0 aromatic heterocycles. The molecule has 1 aromatic carbocycles. The molecule has 0 saturated heterocycles. The molecule has 0 heterocycles. The van der Waals surface area contributed by atoms with Crippen molar-refractivity contribution in [3.8, 4) is 5.75 Å². The first-order valence-electron chi connectivity index (χ1n) is 4.41. The normalized spacial score (nSPS) is 9.80. The molecule has 15 heavy (non-hydrogen) atoms. The minimum absolute atomic E-state index is 0.109. The molecule has 3 nitrogen and oxygen atoms in total. The van der Waals surface area contributed by atoms with E-state index in [1.54, 1.807) is 0 Å². The SMILES string of the molecule is CC(=O)NCCOc1cc(F)cc(F)c1. The predicted molar refractivity (Wildman–Crippen MR) is 50.5 cm³/mol. The number of halogens is 2. The number of hydrogen-bond acceptors (Lipinski definition) is 2. The molecule has 0 aliphatic rings. The molecule has 0 aliphatic heterocycles. The molecular weight excluding hydrogens is 204 g/mol. The van der Waals surface area contributed by atoms with Gasteiger partial charge in [-0.1, -0.05) is 0 Å². The zero-order chi connectivity index (χ0) is 11.3. The summed E-state index contributed by atoms with van der Waals surface area (Å²) in [5.41, 5.74) is 0. The van der Waals surface area contributed by atoms with Crippen LogP contribution in [0.5, 0.6) is 5.75 Å². The second-order valence-corrected chi connectivity index (χ2v) is 2.94. The Balaban J connectivity index is 2.40. The summed E-state index contributed by atoms with van der Waals surface area (Å²) in [5, 5.41) is 2.49. The summed E-state index contributed by atoms with van der Waals surface area (Å²) >= 11 is 0. The molecule has 0 fully saturated rings. The first-order valence-corrected chi connectivity index (χ1v) is 4.41. The lowest BCUT2D eigenvalue weighted by atomic mass is 10.3. The van der Waals surface area contributed by atoms with Crippen LogP contribution in [0.3, 0.4) is 0 Å². The molecule has 0 unspecified atom stereocenters. The van der Waals surface area contributed by atoms with Crippen LogP contribution in [0.2, 0.25) is 0 Å². The monoisotopic (exact) mass is 215 g/mol. The van der Waals surface area contributed by atoms with E-state index in [0.29, 0.717) is 6.54 Å². The zero-order valence-corrected chi connectivity index (χ0v) is 8.22. The number of carbonyl (C=O) groups excluding carboxylic acids is 1. The largest absolute Gasteiger partial charge is 0.492 e. The molecule has 0 atom stereocenters. The fourth-order valence-corrected chi connectivity index (χ4v) is 1.01. The average molecular weight is 215 g/mol. The Hall–Kier alpha value is -1.65. The highest BCUT2D eigenvalue weighted by Crippen LogP contribution is 2.14. The van der Waals surface area contributed by atoms with Gasteiger partial charge in [0.05, 0.1) is 6.54 Å². The Morgan fingerprint density at radius 3 is 2.47 bits per heavy atom. The third kappa shape index (κ3) is 4.39. The number of ether oxygens (including phenoxy) is 1. The summed E-state index contributed by atoms with van der Waals surface area (Å²) in [7, 11) is 0. The van der Waals surface area contributed by atoms with Gasteiger partial charge in [0.1, 0.15) is 24.0 Å². The van der Waals surface area contributed by atoms with Crippen molar-refractivity contribution in [2.45, 2.75) is 6.92 Å². The van der Waals surface area contributed by atoms with Crippen molar-refractivity contribution in [2.24, 2.45) is 0 Å². The second-order valence-electron chi connectivity index (χ2n) is 2.94. The molecule has 5 heteroatoms. The van der Waals surface area contributed by atoms with Gasteiger partial charge in [-0.25, -0.2) is 8.78 Å². The van der Waals surface area contributed by atoms with Crippen molar-refractivity contribution in [1.82, 2.24) is 5.32 Å². The Labute approximate surface area is 86.0 Å².